The summed E-state index contributed by atoms with van der Waals surface area (Å²) in [5, 5.41) is 5.81. The molecule has 18 heavy (non-hydrogen) atoms. The smallest absolute Gasteiger partial charge is 0.0398 e. The van der Waals surface area contributed by atoms with Crippen molar-refractivity contribution in [2.45, 2.75) is 45.2 Å². The summed E-state index contributed by atoms with van der Waals surface area (Å²) < 4.78 is 1.23. The van der Waals surface area contributed by atoms with Crippen molar-refractivity contribution >= 4 is 27.3 Å². The minimum atomic E-state index is 0.437. The highest BCUT2D eigenvalue weighted by atomic mass is 79.9. The fourth-order valence-electron chi connectivity index (χ4n) is 2.54. The van der Waals surface area contributed by atoms with Gasteiger partial charge in [-0.25, -0.2) is 0 Å². The van der Waals surface area contributed by atoms with E-state index in [4.69, 9.17) is 0 Å². The Kier molecular flexibility index (Phi) is 5.67. The van der Waals surface area contributed by atoms with Gasteiger partial charge in [-0.1, -0.05) is 6.42 Å². The zero-order valence-electron chi connectivity index (χ0n) is 11.3. The molecule has 4 heteroatoms. The Balaban J connectivity index is 1.78. The molecule has 2 heterocycles. The first-order chi connectivity index (χ1) is 8.68. The summed E-state index contributed by atoms with van der Waals surface area (Å²) in [6.45, 7) is 8.22. The normalized spacial score (nSPS) is 20.8. The second-order valence-electron chi connectivity index (χ2n) is 5.21. The number of likely N-dealkylation sites (tertiary alicyclic amines) is 1. The molecule has 2 atom stereocenters. The molecule has 1 aliphatic rings. The maximum atomic E-state index is 3.66. The van der Waals surface area contributed by atoms with Crippen molar-refractivity contribution in [1.29, 1.82) is 0 Å². The second-order valence-corrected chi connectivity index (χ2v) is 7.01. The quantitative estimate of drug-likeness (QED) is 0.876. The lowest BCUT2D eigenvalue weighted by Gasteiger charge is -2.33. The number of piperidine rings is 1. The van der Waals surface area contributed by atoms with E-state index < -0.39 is 0 Å². The van der Waals surface area contributed by atoms with Gasteiger partial charge in [0.1, 0.15) is 0 Å². The second kappa shape index (κ2) is 7.04. The van der Waals surface area contributed by atoms with Crippen LogP contribution in [0.15, 0.2) is 15.9 Å². The topological polar surface area (TPSA) is 15.3 Å². The van der Waals surface area contributed by atoms with Gasteiger partial charge in [0.2, 0.25) is 0 Å². The molecule has 0 aromatic carbocycles. The first kappa shape index (κ1) is 14.5. The van der Waals surface area contributed by atoms with Gasteiger partial charge >= 0.3 is 0 Å². The van der Waals surface area contributed by atoms with Gasteiger partial charge in [-0.05, 0) is 67.2 Å². The lowest BCUT2D eigenvalue weighted by Crippen LogP contribution is -2.43. The van der Waals surface area contributed by atoms with Gasteiger partial charge in [-0.15, -0.1) is 11.3 Å². The molecule has 1 aromatic rings. The Hall–Kier alpha value is 0.100. The molecule has 0 spiro atoms. The number of nitrogens with one attached hydrogen (secondary N) is 1. The molecule has 2 unspecified atom stereocenters. The highest BCUT2D eigenvalue weighted by Gasteiger charge is 2.18. The molecule has 1 saturated heterocycles. The van der Waals surface area contributed by atoms with Gasteiger partial charge in [0.05, 0.1) is 0 Å². The summed E-state index contributed by atoms with van der Waals surface area (Å²) in [6.07, 6.45) is 4.15. The van der Waals surface area contributed by atoms with Crippen molar-refractivity contribution in [2.75, 3.05) is 19.6 Å². The predicted octanol–water partition coefficient (Wildman–Crippen LogP) is 4.04. The van der Waals surface area contributed by atoms with E-state index in [2.05, 4.69) is 51.4 Å². The van der Waals surface area contributed by atoms with Crippen LogP contribution in [0.2, 0.25) is 0 Å². The van der Waals surface area contributed by atoms with Crippen LogP contribution >= 0.6 is 27.3 Å². The van der Waals surface area contributed by atoms with Crippen molar-refractivity contribution in [3.8, 4) is 0 Å². The summed E-state index contributed by atoms with van der Waals surface area (Å²) in [4.78, 5) is 4.02. The van der Waals surface area contributed by atoms with Gasteiger partial charge in [0.15, 0.2) is 0 Å². The van der Waals surface area contributed by atoms with E-state index in [9.17, 15) is 0 Å². The van der Waals surface area contributed by atoms with Crippen LogP contribution in [0.4, 0.5) is 0 Å². The van der Waals surface area contributed by atoms with Crippen LogP contribution in [0.5, 0.6) is 0 Å². The number of rotatable bonds is 5. The summed E-state index contributed by atoms with van der Waals surface area (Å²) in [6, 6.07) is 3.21. The molecule has 0 radical (unpaired) electrons. The van der Waals surface area contributed by atoms with Gasteiger partial charge < -0.3 is 5.32 Å². The molecule has 102 valence electrons. The van der Waals surface area contributed by atoms with E-state index in [1.807, 2.05) is 11.3 Å². The summed E-state index contributed by atoms with van der Waals surface area (Å²) in [5.41, 5.74) is 0. The molecule has 2 nitrogen and oxygen atoms in total. The van der Waals surface area contributed by atoms with Crippen molar-refractivity contribution in [3.63, 3.8) is 0 Å². The summed E-state index contributed by atoms with van der Waals surface area (Å²) in [5.74, 6) is 0. The maximum Gasteiger partial charge on any atom is 0.0398 e. The minimum Gasteiger partial charge on any atom is -0.308 e. The van der Waals surface area contributed by atoms with E-state index in [1.54, 1.807) is 0 Å². The maximum absolute atomic E-state index is 3.66. The van der Waals surface area contributed by atoms with Gasteiger partial charge in [-0.3, -0.25) is 4.90 Å². The molecular formula is C14H23BrN2S. The Bertz CT molecular complexity index is 360. The zero-order valence-corrected chi connectivity index (χ0v) is 13.7. The van der Waals surface area contributed by atoms with Gasteiger partial charge in [0, 0.05) is 28.0 Å². The highest BCUT2D eigenvalue weighted by Crippen LogP contribution is 2.28. The Labute approximate surface area is 123 Å². The zero-order chi connectivity index (χ0) is 13.0. The molecule has 1 N–H and O–H groups in total. The summed E-state index contributed by atoms with van der Waals surface area (Å²) in [7, 11) is 0. The third kappa shape index (κ3) is 3.80. The minimum absolute atomic E-state index is 0.437. The molecule has 1 aliphatic heterocycles. The van der Waals surface area contributed by atoms with E-state index in [-0.39, 0.29) is 0 Å². The van der Waals surface area contributed by atoms with Crippen molar-refractivity contribution in [1.82, 2.24) is 10.2 Å². The number of halogens is 1. The predicted molar refractivity (Wildman–Crippen MR) is 83.3 cm³/mol. The van der Waals surface area contributed by atoms with Crippen LogP contribution < -0.4 is 5.32 Å². The average molecular weight is 331 g/mol. The number of thiophene rings is 1. The van der Waals surface area contributed by atoms with Crippen LogP contribution in [0.3, 0.4) is 0 Å². The van der Waals surface area contributed by atoms with Crippen LogP contribution in [0.25, 0.3) is 0 Å². The fourth-order valence-corrected chi connectivity index (χ4v) is 4.29. The molecule has 0 saturated carbocycles. The van der Waals surface area contributed by atoms with Crippen LogP contribution in [0.1, 0.15) is 44.0 Å². The lowest BCUT2D eigenvalue weighted by atomic mass is 10.1. The van der Waals surface area contributed by atoms with Crippen LogP contribution in [-0.2, 0) is 0 Å². The van der Waals surface area contributed by atoms with Crippen molar-refractivity contribution in [3.05, 3.63) is 20.8 Å². The molecule has 1 aromatic heterocycles. The van der Waals surface area contributed by atoms with E-state index in [0.717, 1.165) is 6.54 Å². The van der Waals surface area contributed by atoms with Gasteiger partial charge in [0.25, 0.3) is 0 Å². The molecule has 0 bridgehead atoms. The number of hydrogen-bond acceptors (Lipinski definition) is 3. The largest absolute Gasteiger partial charge is 0.308 e. The van der Waals surface area contributed by atoms with E-state index in [1.165, 1.54) is 41.7 Å². The van der Waals surface area contributed by atoms with Crippen LogP contribution in [-0.4, -0.2) is 30.6 Å². The van der Waals surface area contributed by atoms with Crippen LogP contribution in [0, 0.1) is 0 Å². The molecule has 2 rings (SSSR count). The molecule has 0 amide bonds. The molecular weight excluding hydrogens is 308 g/mol. The monoisotopic (exact) mass is 330 g/mol. The number of hydrogen-bond donors (Lipinski definition) is 1. The fraction of sp³-hybridized carbons (Fsp3) is 0.714. The lowest BCUT2D eigenvalue weighted by molar-refractivity contribution is 0.168. The standard InChI is InChI=1S/C14H23BrN2S/c1-11(17-7-4-3-5-8-17)10-16-12(2)14-13(15)6-9-18-14/h6,9,11-12,16H,3-5,7-8,10H2,1-2H3. The number of nitrogens with zero attached hydrogens (tertiary/aromatic N) is 1. The van der Waals surface area contributed by atoms with E-state index in [0.29, 0.717) is 12.1 Å². The SMILES string of the molecule is CC(NCC(C)N1CCCCC1)c1sccc1Br. The van der Waals surface area contributed by atoms with Gasteiger partial charge in [-0.2, -0.15) is 0 Å². The van der Waals surface area contributed by atoms with E-state index >= 15 is 0 Å². The van der Waals surface area contributed by atoms with Crippen molar-refractivity contribution in [2.24, 2.45) is 0 Å². The third-order valence-electron chi connectivity index (χ3n) is 3.77. The Morgan fingerprint density at radius 1 is 1.33 bits per heavy atom. The molecule has 0 aliphatic carbocycles. The third-order valence-corrected chi connectivity index (χ3v) is 5.83. The Morgan fingerprint density at radius 3 is 2.67 bits per heavy atom. The first-order valence-corrected chi connectivity index (χ1v) is 8.56. The highest BCUT2D eigenvalue weighted by molar-refractivity contribution is 9.10. The average Bonchev–Trinajstić information content (AvgIpc) is 2.83. The Morgan fingerprint density at radius 2 is 2.06 bits per heavy atom. The summed E-state index contributed by atoms with van der Waals surface area (Å²) >= 11 is 5.43. The molecule has 1 fully saturated rings. The first-order valence-electron chi connectivity index (χ1n) is 6.89. The van der Waals surface area contributed by atoms with Crippen molar-refractivity contribution < 1.29 is 0 Å².